The Morgan fingerprint density at radius 1 is 1.06 bits per heavy atom. The fourth-order valence-electron chi connectivity index (χ4n) is 2.90. The molecule has 0 unspecified atom stereocenters. The molecule has 13 heteroatoms. The number of halogens is 5. The highest BCUT2D eigenvalue weighted by atomic mass is 35.5. The van der Waals surface area contributed by atoms with Crippen LogP contribution in [-0.2, 0) is 6.18 Å². The van der Waals surface area contributed by atoms with Crippen LogP contribution in [0.1, 0.15) is 5.56 Å². The minimum absolute atomic E-state index is 0.0354. The van der Waals surface area contributed by atoms with E-state index < -0.39 is 34.2 Å². The summed E-state index contributed by atoms with van der Waals surface area (Å²) < 4.78 is 59.0. The van der Waals surface area contributed by atoms with Crippen molar-refractivity contribution >= 4 is 40.2 Å². The molecule has 0 saturated carbocycles. The molecule has 4 rings (SSSR count). The van der Waals surface area contributed by atoms with E-state index in [9.17, 15) is 27.2 Å². The molecule has 8 nitrogen and oxygen atoms in total. The Morgan fingerprint density at radius 2 is 1.85 bits per heavy atom. The molecule has 0 radical (unpaired) electrons. The molecule has 34 heavy (non-hydrogen) atoms. The largest absolute Gasteiger partial charge is 0.455 e. The summed E-state index contributed by atoms with van der Waals surface area (Å²) in [6.07, 6.45) is -2.27. The summed E-state index contributed by atoms with van der Waals surface area (Å²) in [5, 5.41) is 3.85. The van der Waals surface area contributed by atoms with E-state index in [1.165, 1.54) is 30.5 Å². The van der Waals surface area contributed by atoms with Gasteiger partial charge in [-0.1, -0.05) is 11.6 Å². The van der Waals surface area contributed by atoms with Gasteiger partial charge in [-0.05, 0) is 30.3 Å². The molecule has 0 spiro atoms. The summed E-state index contributed by atoms with van der Waals surface area (Å²) in [7, 11) is 0. The van der Waals surface area contributed by atoms with E-state index >= 15 is 0 Å². The van der Waals surface area contributed by atoms with Crippen LogP contribution in [0, 0.1) is 5.82 Å². The molecule has 2 amide bonds. The van der Waals surface area contributed by atoms with Gasteiger partial charge in [0.05, 0.1) is 22.5 Å². The topological polar surface area (TPSA) is 109 Å². The third-order valence-electron chi connectivity index (χ3n) is 4.39. The van der Waals surface area contributed by atoms with Crippen LogP contribution in [0.15, 0.2) is 59.7 Å². The predicted molar refractivity (Wildman–Crippen MR) is 116 cm³/mol. The number of H-pyrrole nitrogens is 1. The van der Waals surface area contributed by atoms with Crippen LogP contribution in [0.4, 0.5) is 33.7 Å². The van der Waals surface area contributed by atoms with E-state index in [-0.39, 0.29) is 34.0 Å². The molecule has 2 heterocycles. The highest BCUT2D eigenvalue weighted by molar-refractivity contribution is 6.31. The predicted octanol–water partition coefficient (Wildman–Crippen LogP) is 5.57. The Kier molecular flexibility index (Phi) is 6.07. The number of nitrogens with one attached hydrogen (secondary N) is 3. The maximum absolute atomic E-state index is 14.5. The molecule has 0 bridgehead atoms. The minimum atomic E-state index is -4.71. The highest BCUT2D eigenvalue weighted by Crippen LogP contribution is 2.36. The van der Waals surface area contributed by atoms with Crippen LogP contribution < -0.4 is 20.9 Å². The first kappa shape index (κ1) is 23.0. The average molecular weight is 494 g/mol. The number of amides is 2. The van der Waals surface area contributed by atoms with Crippen molar-refractivity contribution in [2.24, 2.45) is 0 Å². The quantitative estimate of drug-likeness (QED) is 0.322. The number of anilines is 2. The number of urea groups is 1. The van der Waals surface area contributed by atoms with E-state index in [4.69, 9.17) is 16.3 Å². The normalized spacial score (nSPS) is 11.3. The van der Waals surface area contributed by atoms with Crippen LogP contribution >= 0.6 is 11.6 Å². The molecule has 0 aliphatic carbocycles. The molecule has 0 aliphatic heterocycles. The van der Waals surface area contributed by atoms with Crippen molar-refractivity contribution in [2.75, 3.05) is 10.6 Å². The number of hydrogen-bond acceptors (Lipinski definition) is 5. The van der Waals surface area contributed by atoms with Crippen molar-refractivity contribution in [1.29, 1.82) is 0 Å². The number of fused-ring (bicyclic) bond motifs is 1. The Hall–Kier alpha value is -4.19. The number of aromatic nitrogens is 3. The van der Waals surface area contributed by atoms with Gasteiger partial charge in [0.15, 0.2) is 11.4 Å². The van der Waals surface area contributed by atoms with Crippen LogP contribution in [-0.4, -0.2) is 21.0 Å². The van der Waals surface area contributed by atoms with Gasteiger partial charge < -0.3 is 20.4 Å². The van der Waals surface area contributed by atoms with E-state index in [2.05, 4.69) is 25.6 Å². The monoisotopic (exact) mass is 493 g/mol. The molecule has 2 aromatic heterocycles. The number of nitrogens with zero attached hydrogens (tertiary/aromatic N) is 2. The second-order valence-corrected chi connectivity index (χ2v) is 7.18. The first-order chi connectivity index (χ1) is 16.1. The smallest absolute Gasteiger partial charge is 0.417 e. The molecule has 0 saturated heterocycles. The van der Waals surface area contributed by atoms with Crippen molar-refractivity contribution < 1.29 is 27.1 Å². The maximum Gasteiger partial charge on any atom is 0.417 e. The summed E-state index contributed by atoms with van der Waals surface area (Å²) in [4.78, 5) is 34.1. The van der Waals surface area contributed by atoms with Crippen LogP contribution in [0.3, 0.4) is 0 Å². The number of ether oxygens (including phenoxy) is 1. The Labute approximate surface area is 192 Å². The third-order valence-corrected chi connectivity index (χ3v) is 4.72. The second kappa shape index (κ2) is 8.98. The van der Waals surface area contributed by atoms with E-state index in [1.807, 2.05) is 0 Å². The summed E-state index contributed by atoms with van der Waals surface area (Å²) in [5.74, 6) is -0.686. The zero-order valence-electron chi connectivity index (χ0n) is 16.7. The number of rotatable bonds is 4. The average Bonchev–Trinajstić information content (AvgIpc) is 2.76. The third kappa shape index (κ3) is 5.07. The van der Waals surface area contributed by atoms with E-state index in [1.54, 1.807) is 0 Å². The number of alkyl halides is 3. The highest BCUT2D eigenvalue weighted by Gasteiger charge is 2.33. The molecule has 0 aliphatic rings. The number of hydrogen-bond donors (Lipinski definition) is 3. The van der Waals surface area contributed by atoms with Gasteiger partial charge in [-0.25, -0.2) is 19.2 Å². The summed E-state index contributed by atoms with van der Waals surface area (Å²) >= 11 is 5.55. The number of carbonyl (C=O) groups excluding carboxylic acids is 1. The first-order valence-corrected chi connectivity index (χ1v) is 9.74. The van der Waals surface area contributed by atoms with Crippen LogP contribution in [0.5, 0.6) is 11.5 Å². The number of benzene rings is 2. The fourth-order valence-corrected chi connectivity index (χ4v) is 3.13. The Morgan fingerprint density at radius 3 is 2.59 bits per heavy atom. The van der Waals surface area contributed by atoms with Gasteiger partial charge in [-0.3, -0.25) is 4.79 Å². The van der Waals surface area contributed by atoms with Crippen molar-refractivity contribution in [2.45, 2.75) is 6.18 Å². The lowest BCUT2D eigenvalue weighted by molar-refractivity contribution is -0.137. The van der Waals surface area contributed by atoms with Crippen LogP contribution in [0.2, 0.25) is 5.02 Å². The van der Waals surface area contributed by atoms with Gasteiger partial charge in [0.25, 0.3) is 5.56 Å². The van der Waals surface area contributed by atoms with Crippen molar-refractivity contribution in [1.82, 2.24) is 15.0 Å². The van der Waals surface area contributed by atoms with Gasteiger partial charge in [0.1, 0.15) is 17.1 Å². The lowest BCUT2D eigenvalue weighted by atomic mass is 10.2. The van der Waals surface area contributed by atoms with Gasteiger partial charge in [0.2, 0.25) is 0 Å². The molecular weight excluding hydrogens is 482 g/mol. The van der Waals surface area contributed by atoms with Gasteiger partial charge in [-0.2, -0.15) is 13.2 Å². The van der Waals surface area contributed by atoms with Crippen molar-refractivity contribution in [3.8, 4) is 11.5 Å². The molecule has 2 aromatic carbocycles. The fraction of sp³-hybridized carbons (Fsp3) is 0.0476. The zero-order valence-corrected chi connectivity index (χ0v) is 17.5. The Bertz CT molecular complexity index is 1460. The van der Waals surface area contributed by atoms with Crippen molar-refractivity contribution in [3.05, 3.63) is 81.6 Å². The molecule has 0 fully saturated rings. The second-order valence-electron chi connectivity index (χ2n) is 6.77. The standard InChI is InChI=1S/C21H12ClF4N5O3/c22-13-3-1-10(7-12(13)21(24,25)26)29-20(33)30-15-4-2-11(8-14(15)23)34-16-5-6-27-19-18(16)31-17(32)9-28-19/h1-9H,(H,31,32)(H2,29,30,33). The minimum Gasteiger partial charge on any atom is -0.455 e. The number of carbonyl (C=O) groups is 1. The molecular formula is C21H12ClF4N5O3. The van der Waals surface area contributed by atoms with Gasteiger partial charge in [0, 0.05) is 24.0 Å². The molecule has 174 valence electrons. The summed E-state index contributed by atoms with van der Waals surface area (Å²) in [5.41, 5.74) is -1.64. The first-order valence-electron chi connectivity index (χ1n) is 9.36. The lowest BCUT2D eigenvalue weighted by Crippen LogP contribution is -2.20. The number of pyridine rings is 1. The summed E-state index contributed by atoms with van der Waals surface area (Å²) in [6.45, 7) is 0. The molecule has 0 atom stereocenters. The SMILES string of the molecule is O=C(Nc1ccc(Cl)c(C(F)(F)F)c1)Nc1ccc(Oc2ccnc3ncc(=O)[nH]c23)cc1F. The molecule has 3 N–H and O–H groups in total. The molecule has 4 aromatic rings. The van der Waals surface area contributed by atoms with Crippen LogP contribution in [0.25, 0.3) is 11.2 Å². The number of aromatic amines is 1. The lowest BCUT2D eigenvalue weighted by Gasteiger charge is -2.13. The van der Waals surface area contributed by atoms with Crippen molar-refractivity contribution in [3.63, 3.8) is 0 Å². The maximum atomic E-state index is 14.5. The zero-order chi connectivity index (χ0) is 24.5. The van der Waals surface area contributed by atoms with E-state index in [0.717, 1.165) is 18.3 Å². The van der Waals surface area contributed by atoms with Gasteiger partial charge in [-0.15, -0.1) is 0 Å². The van der Waals surface area contributed by atoms with E-state index in [0.29, 0.717) is 6.07 Å². The Balaban J connectivity index is 1.49. The summed E-state index contributed by atoms with van der Waals surface area (Å²) in [6, 6.07) is 6.78. The van der Waals surface area contributed by atoms with Gasteiger partial charge >= 0.3 is 12.2 Å².